The van der Waals surface area contributed by atoms with E-state index in [2.05, 4.69) is 4.76 Å². The average Bonchev–Trinajstić information content (AvgIpc) is 2.45. The van der Waals surface area contributed by atoms with E-state index in [9.17, 15) is 25.0 Å². The molecule has 136 valence electrons. The van der Waals surface area contributed by atoms with E-state index in [0.29, 0.717) is 0 Å². The molecule has 0 radical (unpaired) electrons. The summed E-state index contributed by atoms with van der Waals surface area (Å²) < 4.78 is 14.4. The van der Waals surface area contributed by atoms with Gasteiger partial charge in [-0.1, -0.05) is 19.1 Å². The third-order valence-corrected chi connectivity index (χ3v) is 4.41. The number of rotatable bonds is 5. The van der Waals surface area contributed by atoms with Crippen molar-refractivity contribution < 1.29 is 34.8 Å². The van der Waals surface area contributed by atoms with Crippen LogP contribution in [0.2, 0.25) is 0 Å². The lowest BCUT2D eigenvalue weighted by Crippen LogP contribution is -2.32. The number of hydrogen-bond acceptors (Lipinski definition) is 5. The standard InChI is InChI=1S/C16H20NO7P/c1-9(10-2-4-11(18)5-3-10)6-14(20)16-13(17-25(22,23)24)7-12(19)8-15(16)21/h2-5,7-9,14,16,18-21H,6H2,1H3,(H2,22,23,24). The monoisotopic (exact) mass is 369 g/mol. The maximum atomic E-state index is 11.1. The summed E-state index contributed by atoms with van der Waals surface area (Å²) in [6.45, 7) is 1.83. The molecule has 0 saturated heterocycles. The summed E-state index contributed by atoms with van der Waals surface area (Å²) in [5.74, 6) is -2.07. The lowest BCUT2D eigenvalue weighted by atomic mass is 9.84. The quantitative estimate of drug-likeness (QED) is 0.436. The van der Waals surface area contributed by atoms with Gasteiger partial charge in [0.1, 0.15) is 17.3 Å². The number of allylic oxidation sites excluding steroid dienone is 2. The summed E-state index contributed by atoms with van der Waals surface area (Å²) in [6.07, 6.45) is 0.951. The van der Waals surface area contributed by atoms with Crippen LogP contribution in [0.4, 0.5) is 0 Å². The van der Waals surface area contributed by atoms with Crippen LogP contribution >= 0.6 is 7.75 Å². The fourth-order valence-corrected chi connectivity index (χ4v) is 3.23. The second kappa shape index (κ2) is 7.41. The van der Waals surface area contributed by atoms with Crippen LogP contribution in [0.1, 0.15) is 24.8 Å². The van der Waals surface area contributed by atoms with Gasteiger partial charge in [-0.25, -0.2) is 4.57 Å². The number of nitrogens with zero attached hydrogens (tertiary/aromatic N) is 1. The van der Waals surface area contributed by atoms with Gasteiger partial charge in [-0.15, -0.1) is 0 Å². The Labute approximate surface area is 144 Å². The average molecular weight is 369 g/mol. The van der Waals surface area contributed by atoms with Crippen LogP contribution in [0.3, 0.4) is 0 Å². The minimum atomic E-state index is -4.81. The zero-order chi connectivity index (χ0) is 18.8. The highest BCUT2D eigenvalue weighted by Gasteiger charge is 2.33. The van der Waals surface area contributed by atoms with Gasteiger partial charge in [-0.05, 0) is 30.0 Å². The van der Waals surface area contributed by atoms with E-state index in [1.165, 1.54) is 12.1 Å². The molecule has 0 spiro atoms. The van der Waals surface area contributed by atoms with Gasteiger partial charge in [0.2, 0.25) is 0 Å². The fraction of sp³-hybridized carbons (Fsp3) is 0.312. The van der Waals surface area contributed by atoms with Crippen molar-refractivity contribution in [2.24, 2.45) is 10.7 Å². The normalized spacial score (nSPS) is 22.2. The lowest BCUT2D eigenvalue weighted by Gasteiger charge is -2.27. The molecular weight excluding hydrogens is 349 g/mol. The molecule has 0 heterocycles. The number of aliphatic hydroxyl groups excluding tert-OH is 3. The van der Waals surface area contributed by atoms with Crippen molar-refractivity contribution in [3.63, 3.8) is 0 Å². The van der Waals surface area contributed by atoms with E-state index in [-0.39, 0.29) is 23.8 Å². The van der Waals surface area contributed by atoms with Gasteiger partial charge in [0, 0.05) is 12.2 Å². The highest BCUT2D eigenvalue weighted by molar-refractivity contribution is 7.50. The molecule has 3 atom stereocenters. The molecule has 1 aliphatic rings. The third-order valence-electron chi connectivity index (χ3n) is 3.92. The summed E-state index contributed by atoms with van der Waals surface area (Å²) in [5, 5.41) is 39.4. The molecule has 0 fully saturated rings. The molecule has 3 unspecified atom stereocenters. The first-order valence-corrected chi connectivity index (χ1v) is 9.07. The maximum Gasteiger partial charge on any atom is 0.448 e. The van der Waals surface area contributed by atoms with Gasteiger partial charge in [-0.2, -0.15) is 4.76 Å². The molecule has 9 heteroatoms. The molecule has 6 N–H and O–H groups in total. The number of benzene rings is 1. The van der Waals surface area contributed by atoms with Gasteiger partial charge >= 0.3 is 7.75 Å². The first-order chi connectivity index (χ1) is 11.6. The smallest absolute Gasteiger partial charge is 0.448 e. The fourth-order valence-electron chi connectivity index (χ4n) is 2.75. The molecular formula is C16H20NO7P. The highest BCUT2D eigenvalue weighted by atomic mass is 31.2. The molecule has 0 amide bonds. The zero-order valence-electron chi connectivity index (χ0n) is 13.4. The summed E-state index contributed by atoms with van der Waals surface area (Å²) >= 11 is 0. The van der Waals surface area contributed by atoms with Crippen LogP contribution in [-0.4, -0.2) is 42.0 Å². The maximum absolute atomic E-state index is 11.1. The van der Waals surface area contributed by atoms with Crippen molar-refractivity contribution in [3.8, 4) is 5.75 Å². The molecule has 1 aliphatic carbocycles. The van der Waals surface area contributed by atoms with Crippen molar-refractivity contribution in [2.75, 3.05) is 0 Å². The molecule has 0 bridgehead atoms. The van der Waals surface area contributed by atoms with E-state index >= 15 is 0 Å². The summed E-state index contributed by atoms with van der Waals surface area (Å²) in [5.41, 5.74) is 0.541. The van der Waals surface area contributed by atoms with Crippen molar-refractivity contribution >= 4 is 13.5 Å². The highest BCUT2D eigenvalue weighted by Crippen LogP contribution is 2.39. The number of hydrogen-bond donors (Lipinski definition) is 6. The van der Waals surface area contributed by atoms with Gasteiger partial charge in [0.05, 0.1) is 17.7 Å². The van der Waals surface area contributed by atoms with Crippen LogP contribution in [-0.2, 0) is 4.57 Å². The van der Waals surface area contributed by atoms with Crippen LogP contribution in [0, 0.1) is 5.92 Å². The van der Waals surface area contributed by atoms with E-state index < -0.39 is 31.3 Å². The molecule has 0 aliphatic heterocycles. The Kier molecular flexibility index (Phi) is 5.69. The largest absolute Gasteiger partial charge is 0.511 e. The third kappa shape index (κ3) is 5.17. The minimum absolute atomic E-state index is 0.112. The SMILES string of the molecule is CC(CC(O)C1C(O)=CC(O)=CC1=NP(=O)(O)O)c1ccc(O)cc1. The predicted molar refractivity (Wildman–Crippen MR) is 91.5 cm³/mol. The Morgan fingerprint density at radius 3 is 2.28 bits per heavy atom. The second-order valence-corrected chi connectivity index (χ2v) is 7.18. The first-order valence-electron chi connectivity index (χ1n) is 7.50. The second-order valence-electron chi connectivity index (χ2n) is 5.95. The summed E-state index contributed by atoms with van der Waals surface area (Å²) in [4.78, 5) is 18.1. The Hall–Kier alpha value is -2.12. The van der Waals surface area contributed by atoms with E-state index in [1.807, 2.05) is 6.92 Å². The molecule has 8 nitrogen and oxygen atoms in total. The number of phenols is 1. The molecule has 0 saturated carbocycles. The van der Waals surface area contributed by atoms with Crippen LogP contribution in [0.15, 0.2) is 52.7 Å². The Bertz CT molecular complexity index is 763. The topological polar surface area (TPSA) is 151 Å². The molecule has 2 rings (SSSR count). The van der Waals surface area contributed by atoms with Crippen molar-refractivity contribution in [1.29, 1.82) is 0 Å². The molecule has 1 aromatic carbocycles. The van der Waals surface area contributed by atoms with Crippen LogP contribution in [0.25, 0.3) is 0 Å². The van der Waals surface area contributed by atoms with E-state index in [4.69, 9.17) is 9.79 Å². The van der Waals surface area contributed by atoms with E-state index in [0.717, 1.165) is 17.7 Å². The van der Waals surface area contributed by atoms with E-state index in [1.54, 1.807) is 12.1 Å². The van der Waals surface area contributed by atoms with Crippen LogP contribution < -0.4 is 0 Å². The Morgan fingerprint density at radius 2 is 1.72 bits per heavy atom. The molecule has 0 aromatic heterocycles. The first kappa shape index (κ1) is 19.2. The van der Waals surface area contributed by atoms with Gasteiger partial charge < -0.3 is 30.2 Å². The van der Waals surface area contributed by atoms with Gasteiger partial charge in [0.15, 0.2) is 0 Å². The van der Waals surface area contributed by atoms with Gasteiger partial charge in [-0.3, -0.25) is 0 Å². The summed E-state index contributed by atoms with van der Waals surface area (Å²) in [7, 11) is -4.81. The van der Waals surface area contributed by atoms with Crippen molar-refractivity contribution in [3.05, 3.63) is 53.5 Å². The molecule has 1 aromatic rings. The number of aliphatic hydroxyl groups is 3. The number of phenolic OH excluding ortho intramolecular Hbond substituents is 1. The summed E-state index contributed by atoms with van der Waals surface area (Å²) in [6, 6.07) is 6.41. The Morgan fingerprint density at radius 1 is 1.12 bits per heavy atom. The van der Waals surface area contributed by atoms with Crippen molar-refractivity contribution in [2.45, 2.75) is 25.4 Å². The van der Waals surface area contributed by atoms with Gasteiger partial charge in [0.25, 0.3) is 0 Å². The zero-order valence-corrected chi connectivity index (χ0v) is 14.3. The minimum Gasteiger partial charge on any atom is -0.511 e. The lowest BCUT2D eigenvalue weighted by molar-refractivity contribution is 0.115. The number of aromatic hydroxyl groups is 1. The molecule has 25 heavy (non-hydrogen) atoms. The Balaban J connectivity index is 2.24. The van der Waals surface area contributed by atoms with Crippen molar-refractivity contribution in [1.82, 2.24) is 0 Å². The predicted octanol–water partition coefficient (Wildman–Crippen LogP) is 2.29. The van der Waals surface area contributed by atoms with Crippen LogP contribution in [0.5, 0.6) is 5.75 Å².